The summed E-state index contributed by atoms with van der Waals surface area (Å²) in [5.41, 5.74) is 5.87. The Kier molecular flexibility index (Phi) is 6.36. The van der Waals surface area contributed by atoms with Crippen molar-refractivity contribution in [2.75, 3.05) is 6.61 Å². The van der Waals surface area contributed by atoms with Crippen molar-refractivity contribution < 1.29 is 23.5 Å². The molecule has 130 valence electrons. The summed E-state index contributed by atoms with van der Waals surface area (Å²) in [6.07, 6.45) is 4.02. The highest BCUT2D eigenvalue weighted by Gasteiger charge is 2.10. The molecule has 2 N–H and O–H groups in total. The molecule has 0 aliphatic heterocycles. The smallest absolute Gasteiger partial charge is 0.331 e. The molecule has 0 bridgehead atoms. The zero-order valence-corrected chi connectivity index (χ0v) is 14.0. The average molecular weight is 363 g/mol. The van der Waals surface area contributed by atoms with E-state index in [1.807, 2.05) is 13.0 Å². The lowest BCUT2D eigenvalue weighted by atomic mass is 10.1. The van der Waals surface area contributed by atoms with Crippen LogP contribution in [0, 0.1) is 6.92 Å². The number of carbonyl (C=O) groups excluding carboxylic acids is 3. The van der Waals surface area contributed by atoms with Gasteiger partial charge in [0.15, 0.2) is 12.4 Å². The number of rotatable bonds is 5. The zero-order chi connectivity index (χ0) is 18.2. The highest BCUT2D eigenvalue weighted by atomic mass is 35.5. The van der Waals surface area contributed by atoms with Crippen molar-refractivity contribution in [2.45, 2.75) is 6.92 Å². The van der Waals surface area contributed by atoms with Crippen molar-refractivity contribution in [1.29, 1.82) is 0 Å². The van der Waals surface area contributed by atoms with Crippen LogP contribution in [-0.2, 0) is 14.3 Å². The molecule has 0 aliphatic carbocycles. The van der Waals surface area contributed by atoms with Gasteiger partial charge in [-0.1, -0.05) is 23.7 Å². The lowest BCUT2D eigenvalue weighted by Gasteiger charge is -2.05. The Bertz CT molecular complexity index is 799. The van der Waals surface area contributed by atoms with Crippen molar-refractivity contribution >= 4 is 35.5 Å². The van der Waals surface area contributed by atoms with Gasteiger partial charge >= 0.3 is 11.9 Å². The zero-order valence-electron chi connectivity index (χ0n) is 13.2. The van der Waals surface area contributed by atoms with Crippen molar-refractivity contribution in [3.63, 3.8) is 0 Å². The van der Waals surface area contributed by atoms with Gasteiger partial charge in [-0.05, 0) is 42.3 Å². The molecule has 0 saturated carbocycles. The molecule has 1 heterocycles. The topological polar surface area (TPSA) is 97.6 Å². The predicted molar refractivity (Wildman–Crippen MR) is 90.5 cm³/mol. The lowest BCUT2D eigenvalue weighted by molar-refractivity contribution is -0.144. The number of ether oxygens (including phenoxy) is 1. The summed E-state index contributed by atoms with van der Waals surface area (Å²) in [6, 6.07) is 8.29. The molecule has 0 aliphatic rings. The second-order valence-electron chi connectivity index (χ2n) is 4.93. The third kappa shape index (κ3) is 5.82. The number of benzene rings is 1. The third-order valence-electron chi connectivity index (χ3n) is 3.01. The predicted octanol–water partition coefficient (Wildman–Crippen LogP) is 2.26. The molecule has 1 aromatic heterocycles. The molecular formula is C17H15ClN2O5. The first-order valence-corrected chi connectivity index (χ1v) is 7.57. The third-order valence-corrected chi connectivity index (χ3v) is 3.42. The molecule has 7 nitrogen and oxygen atoms in total. The van der Waals surface area contributed by atoms with Gasteiger partial charge in [0, 0.05) is 11.1 Å². The van der Waals surface area contributed by atoms with Crippen LogP contribution < -0.4 is 10.9 Å². The van der Waals surface area contributed by atoms with Crippen molar-refractivity contribution in [2.24, 2.45) is 0 Å². The maximum Gasteiger partial charge on any atom is 0.331 e. The van der Waals surface area contributed by atoms with E-state index in [1.54, 1.807) is 12.1 Å². The van der Waals surface area contributed by atoms with E-state index < -0.39 is 24.4 Å². The number of esters is 1. The fourth-order valence-electron chi connectivity index (χ4n) is 1.69. The molecule has 2 aromatic rings. The van der Waals surface area contributed by atoms with Gasteiger partial charge in [-0.2, -0.15) is 0 Å². The maximum absolute atomic E-state index is 11.6. The quantitative estimate of drug-likeness (QED) is 0.483. The number of furan rings is 1. The summed E-state index contributed by atoms with van der Waals surface area (Å²) < 4.78 is 9.61. The van der Waals surface area contributed by atoms with Crippen molar-refractivity contribution in [1.82, 2.24) is 10.9 Å². The van der Waals surface area contributed by atoms with Gasteiger partial charge in [0.1, 0.15) is 0 Å². The number of aryl methyl sites for hydroxylation is 1. The Morgan fingerprint density at radius 1 is 1.24 bits per heavy atom. The first-order chi connectivity index (χ1) is 12.0. The Balaban J connectivity index is 1.73. The molecular weight excluding hydrogens is 348 g/mol. The van der Waals surface area contributed by atoms with E-state index >= 15 is 0 Å². The van der Waals surface area contributed by atoms with E-state index in [2.05, 4.69) is 10.9 Å². The van der Waals surface area contributed by atoms with Gasteiger partial charge in [-0.3, -0.25) is 20.4 Å². The molecule has 1 aromatic carbocycles. The highest BCUT2D eigenvalue weighted by Crippen LogP contribution is 2.17. The Labute approximate surface area is 148 Å². The number of nitrogens with one attached hydrogen (secondary N) is 2. The lowest BCUT2D eigenvalue weighted by Crippen LogP contribution is -2.43. The molecule has 2 amide bonds. The second-order valence-corrected chi connectivity index (χ2v) is 5.34. The van der Waals surface area contributed by atoms with Crippen molar-refractivity contribution in [3.05, 3.63) is 64.6 Å². The normalized spacial score (nSPS) is 10.5. The van der Waals surface area contributed by atoms with Crippen LogP contribution in [0.3, 0.4) is 0 Å². The van der Waals surface area contributed by atoms with E-state index in [0.717, 1.165) is 11.1 Å². The Morgan fingerprint density at radius 2 is 2.04 bits per heavy atom. The molecule has 0 atom stereocenters. The Morgan fingerprint density at radius 3 is 2.72 bits per heavy atom. The summed E-state index contributed by atoms with van der Waals surface area (Å²) in [4.78, 5) is 34.6. The molecule has 0 fully saturated rings. The summed E-state index contributed by atoms with van der Waals surface area (Å²) in [5, 5.41) is 0.585. The van der Waals surface area contributed by atoms with E-state index in [9.17, 15) is 14.4 Å². The van der Waals surface area contributed by atoms with Gasteiger partial charge in [-0.25, -0.2) is 4.79 Å². The first kappa shape index (κ1) is 18.3. The number of hydrazine groups is 1. The number of amides is 2. The number of hydrogen-bond acceptors (Lipinski definition) is 5. The van der Waals surface area contributed by atoms with E-state index in [4.69, 9.17) is 20.8 Å². The molecule has 0 unspecified atom stereocenters. The molecule has 0 radical (unpaired) electrons. The van der Waals surface area contributed by atoms with Crippen LogP contribution in [0.4, 0.5) is 0 Å². The summed E-state index contributed by atoms with van der Waals surface area (Å²) in [5.74, 6) is -1.98. The monoisotopic (exact) mass is 362 g/mol. The van der Waals surface area contributed by atoms with E-state index in [0.29, 0.717) is 5.02 Å². The van der Waals surface area contributed by atoms with Gasteiger partial charge in [0.05, 0.1) is 6.26 Å². The fraction of sp³-hybridized carbons (Fsp3) is 0.118. The molecule has 0 spiro atoms. The van der Waals surface area contributed by atoms with Crippen LogP contribution >= 0.6 is 11.6 Å². The minimum absolute atomic E-state index is 0.0389. The van der Waals surface area contributed by atoms with Gasteiger partial charge in [-0.15, -0.1) is 0 Å². The Hall–Kier alpha value is -3.06. The molecule has 25 heavy (non-hydrogen) atoms. The standard InChI is InChI=1S/C17H15ClN2O5/c1-11-4-5-12(9-13(11)18)6-7-16(22)25-10-15(21)19-20-17(23)14-3-2-8-24-14/h2-9H,10H2,1H3,(H,19,21)(H,20,23)/b7-6+. The molecule has 8 heteroatoms. The summed E-state index contributed by atoms with van der Waals surface area (Å²) >= 11 is 5.98. The van der Waals surface area contributed by atoms with Crippen LogP contribution in [0.1, 0.15) is 21.7 Å². The maximum atomic E-state index is 11.6. The van der Waals surface area contributed by atoms with E-state index in [-0.39, 0.29) is 5.76 Å². The van der Waals surface area contributed by atoms with Crippen LogP contribution in [0.5, 0.6) is 0 Å². The molecule has 2 rings (SSSR count). The van der Waals surface area contributed by atoms with E-state index in [1.165, 1.54) is 30.5 Å². The summed E-state index contributed by atoms with van der Waals surface area (Å²) in [6.45, 7) is 1.32. The van der Waals surface area contributed by atoms with Crippen LogP contribution in [0.2, 0.25) is 5.02 Å². The largest absolute Gasteiger partial charge is 0.459 e. The SMILES string of the molecule is Cc1ccc(/C=C/C(=O)OCC(=O)NNC(=O)c2ccco2)cc1Cl. The number of hydrogen-bond donors (Lipinski definition) is 2. The van der Waals surface area contributed by atoms with Gasteiger partial charge < -0.3 is 9.15 Å². The second kappa shape index (κ2) is 8.70. The molecule has 0 saturated heterocycles. The summed E-state index contributed by atoms with van der Waals surface area (Å²) in [7, 11) is 0. The minimum Gasteiger partial charge on any atom is -0.459 e. The minimum atomic E-state index is -0.704. The average Bonchev–Trinajstić information content (AvgIpc) is 3.13. The fourth-order valence-corrected chi connectivity index (χ4v) is 1.88. The number of carbonyl (C=O) groups is 3. The van der Waals surface area contributed by atoms with Gasteiger partial charge in [0.25, 0.3) is 5.91 Å². The van der Waals surface area contributed by atoms with Crippen LogP contribution in [0.15, 0.2) is 47.1 Å². The highest BCUT2D eigenvalue weighted by molar-refractivity contribution is 6.31. The van der Waals surface area contributed by atoms with Crippen LogP contribution in [0.25, 0.3) is 6.08 Å². The number of halogens is 1. The first-order valence-electron chi connectivity index (χ1n) is 7.19. The van der Waals surface area contributed by atoms with Crippen LogP contribution in [-0.4, -0.2) is 24.4 Å². The van der Waals surface area contributed by atoms with Crippen molar-refractivity contribution in [3.8, 4) is 0 Å². The van der Waals surface area contributed by atoms with Gasteiger partial charge in [0.2, 0.25) is 0 Å².